The third-order valence-corrected chi connectivity index (χ3v) is 33.4. The van der Waals surface area contributed by atoms with E-state index in [2.05, 4.69) is 141 Å². The minimum atomic E-state index is -3.96. The molecule has 0 heterocycles. The monoisotopic (exact) mass is 936 g/mol. The normalized spacial score (nSPS) is 21.4. The van der Waals surface area contributed by atoms with Crippen LogP contribution in [-0.4, -0.2) is 6.88 Å². The molecule has 2 saturated carbocycles. The molecular weight excluding hydrogens is 863 g/mol. The van der Waals surface area contributed by atoms with Crippen LogP contribution in [0.1, 0.15) is 171 Å². The molecule has 60 heavy (non-hydrogen) atoms. The molecule has 0 saturated heterocycles. The van der Waals surface area contributed by atoms with E-state index in [-0.39, 0.29) is 24.8 Å². The quantitative estimate of drug-likeness (QED) is 0.139. The Kier molecular flexibility index (Phi) is 15.4. The summed E-state index contributed by atoms with van der Waals surface area (Å²) in [5.74, 6) is 0. The summed E-state index contributed by atoms with van der Waals surface area (Å²) in [7, 11) is 0. The van der Waals surface area contributed by atoms with Crippen LogP contribution in [0.25, 0.3) is 34.4 Å². The zero-order valence-corrected chi connectivity index (χ0v) is 43.6. The third-order valence-electron chi connectivity index (χ3n) is 15.9. The Bertz CT molecular complexity index is 2070. The van der Waals surface area contributed by atoms with E-state index in [1.807, 2.05) is 0 Å². The Morgan fingerprint density at radius 2 is 0.833 bits per heavy atom. The van der Waals surface area contributed by atoms with Crippen LogP contribution in [0.4, 0.5) is 0 Å². The van der Waals surface area contributed by atoms with E-state index in [0.717, 1.165) is 12.8 Å². The number of rotatable bonds is 10. The maximum Gasteiger partial charge on any atom is -0.147 e. The molecule has 0 nitrogen and oxygen atoms in total. The van der Waals surface area contributed by atoms with E-state index in [0.29, 0.717) is 18.1 Å². The molecule has 2 atom stereocenters. The van der Waals surface area contributed by atoms with Gasteiger partial charge in [-0.2, -0.15) is 0 Å². The Labute approximate surface area is 380 Å². The minimum absolute atomic E-state index is 0. The van der Waals surface area contributed by atoms with E-state index >= 15 is 0 Å². The molecule has 0 amide bonds. The summed E-state index contributed by atoms with van der Waals surface area (Å²) in [6.07, 6.45) is 29.8. The second-order valence-electron chi connectivity index (χ2n) is 21.5. The number of fused-ring (bicyclic) bond motifs is 2. The summed E-state index contributed by atoms with van der Waals surface area (Å²) >= 11 is -3.96. The van der Waals surface area contributed by atoms with Gasteiger partial charge in [-0.1, -0.05) is 0 Å². The van der Waals surface area contributed by atoms with Crippen molar-refractivity contribution in [3.8, 4) is 22.3 Å². The fourth-order valence-electron chi connectivity index (χ4n) is 12.8. The minimum Gasteiger partial charge on any atom is -0.147 e. The van der Waals surface area contributed by atoms with Crippen LogP contribution in [0.15, 0.2) is 96.1 Å². The molecule has 2 fully saturated rings. The standard InChI is InChI=1S/2C27H33.2CH3.2ClH.H2Si.Zr/c2*1-3-21-12-14-23(15-13-21)25-11-9-10-24-18-22(19-26(24)25)20-27(2)16-7-5-4-6-8-17-27;;;;;;/h2*9-15,18-19H,3-8,16-17,20H2,1-2H3;2*1H3;2*1H;1H2;. The first-order chi connectivity index (χ1) is 27.9. The van der Waals surface area contributed by atoms with Crippen LogP contribution in [0.5, 0.6) is 0 Å². The molecule has 8 rings (SSSR count). The topological polar surface area (TPSA) is 0 Å². The van der Waals surface area contributed by atoms with Gasteiger partial charge < -0.3 is 0 Å². The van der Waals surface area contributed by atoms with Gasteiger partial charge in [-0.15, -0.1) is 24.8 Å². The van der Waals surface area contributed by atoms with Crippen molar-refractivity contribution in [2.75, 3.05) is 0 Å². The van der Waals surface area contributed by atoms with Crippen molar-refractivity contribution in [2.24, 2.45) is 10.8 Å². The van der Waals surface area contributed by atoms with Crippen molar-refractivity contribution in [1.82, 2.24) is 0 Å². The molecule has 2 unspecified atom stereocenters. The van der Waals surface area contributed by atoms with Crippen molar-refractivity contribution < 1.29 is 17.4 Å². The molecule has 4 aromatic rings. The average Bonchev–Trinajstić information content (AvgIpc) is 3.77. The van der Waals surface area contributed by atoms with Crippen LogP contribution < -0.4 is 0 Å². The molecule has 0 radical (unpaired) electrons. The fraction of sp³-hybridized carbons (Fsp3) is 0.500. The number of hydrogen-bond donors (Lipinski definition) is 0. The molecule has 322 valence electrons. The molecule has 0 aliphatic heterocycles. The van der Waals surface area contributed by atoms with Gasteiger partial charge in [0.25, 0.3) is 0 Å². The summed E-state index contributed by atoms with van der Waals surface area (Å²) in [6, 6.07) is 34.0. The first-order valence-electron chi connectivity index (χ1n) is 23.8. The van der Waals surface area contributed by atoms with Gasteiger partial charge in [-0.25, -0.2) is 0 Å². The van der Waals surface area contributed by atoms with Gasteiger partial charge in [-0.3, -0.25) is 0 Å². The smallest absolute Gasteiger partial charge is 0.147 e. The van der Waals surface area contributed by atoms with Crippen molar-refractivity contribution in [3.63, 3.8) is 0 Å². The Morgan fingerprint density at radius 1 is 0.500 bits per heavy atom. The number of benzene rings is 4. The predicted molar refractivity (Wildman–Crippen MR) is 269 cm³/mol. The molecule has 4 aliphatic carbocycles. The Balaban J connectivity index is 0.00000302. The van der Waals surface area contributed by atoms with Crippen LogP contribution in [0, 0.1) is 10.8 Å². The second-order valence-corrected chi connectivity index (χ2v) is 51.9. The molecule has 4 aliphatic rings. The SMILES string of the molecule is CCc1ccc(-c2cccc3c2C=C(CC2(C)CCCCCCC2)[CH]3[Zr]([CH3])([CH3])(=[SiH2])[CH]2C(CC3(C)CCCCCCC3)=Cc3c(-c4ccc(CC)cc4)cccc32)cc1.Cl.Cl. The fourth-order valence-corrected chi connectivity index (χ4v) is 32.5. The largest absolute Gasteiger partial charge is 0.147 e. The summed E-state index contributed by atoms with van der Waals surface area (Å²) in [6.45, 7) is 12.5. The molecule has 4 heteroatoms. The van der Waals surface area contributed by atoms with E-state index in [1.54, 1.807) is 22.3 Å². The molecular formula is C56H76Cl2SiZr. The van der Waals surface area contributed by atoms with E-state index in [1.165, 1.54) is 147 Å². The van der Waals surface area contributed by atoms with Gasteiger partial charge in [0.05, 0.1) is 0 Å². The van der Waals surface area contributed by atoms with Crippen LogP contribution in [0.2, 0.25) is 9.26 Å². The molecule has 0 aromatic heterocycles. The van der Waals surface area contributed by atoms with Gasteiger partial charge in [0.1, 0.15) is 0 Å². The van der Waals surface area contributed by atoms with Gasteiger partial charge in [0, 0.05) is 0 Å². The third kappa shape index (κ3) is 9.74. The van der Waals surface area contributed by atoms with E-state index in [9.17, 15) is 0 Å². The molecule has 4 aromatic carbocycles. The van der Waals surface area contributed by atoms with E-state index < -0.39 is 17.4 Å². The summed E-state index contributed by atoms with van der Waals surface area (Å²) in [5, 5.41) is 0. The van der Waals surface area contributed by atoms with E-state index in [4.69, 9.17) is 0 Å². The average molecular weight is 939 g/mol. The zero-order chi connectivity index (χ0) is 40.6. The van der Waals surface area contributed by atoms with Gasteiger partial charge in [0.2, 0.25) is 0 Å². The maximum atomic E-state index is 2.92. The molecule has 0 bridgehead atoms. The predicted octanol–water partition coefficient (Wildman–Crippen LogP) is 17.2. The Morgan fingerprint density at radius 3 is 1.17 bits per heavy atom. The van der Waals surface area contributed by atoms with Crippen LogP contribution >= 0.6 is 24.8 Å². The number of hydrogen-bond acceptors (Lipinski definition) is 0. The first kappa shape index (κ1) is 47.5. The Hall–Kier alpha value is -1.96. The van der Waals surface area contributed by atoms with Gasteiger partial charge >= 0.3 is 359 Å². The van der Waals surface area contributed by atoms with Gasteiger partial charge in [0.15, 0.2) is 0 Å². The van der Waals surface area contributed by atoms with Crippen molar-refractivity contribution >= 4 is 43.8 Å². The summed E-state index contributed by atoms with van der Waals surface area (Å²) < 4.78 is 6.91. The van der Waals surface area contributed by atoms with Crippen molar-refractivity contribution in [3.05, 3.63) is 129 Å². The first-order valence-corrected chi connectivity index (χ1v) is 37.5. The van der Waals surface area contributed by atoms with Crippen LogP contribution in [0.3, 0.4) is 0 Å². The van der Waals surface area contributed by atoms with Crippen LogP contribution in [-0.2, 0) is 30.2 Å². The maximum absolute atomic E-state index is 3.96. The summed E-state index contributed by atoms with van der Waals surface area (Å²) in [4.78, 5) is 0. The molecule has 0 N–H and O–H groups in total. The van der Waals surface area contributed by atoms with Gasteiger partial charge in [-0.05, 0) is 0 Å². The summed E-state index contributed by atoms with van der Waals surface area (Å²) in [5.41, 5.74) is 19.2. The van der Waals surface area contributed by atoms with Crippen molar-refractivity contribution in [2.45, 2.75) is 160 Å². The second kappa shape index (κ2) is 19.4. The number of allylic oxidation sites excluding steroid dienone is 2. The van der Waals surface area contributed by atoms with Crippen molar-refractivity contribution in [1.29, 1.82) is 0 Å². The zero-order valence-electron chi connectivity index (χ0n) is 38.1. The number of aryl methyl sites for hydroxylation is 2. The number of halogens is 2. The molecule has 0 spiro atoms.